The smallest absolute Gasteiger partial charge is 0.253 e. The number of amides is 1. The van der Waals surface area contributed by atoms with Gasteiger partial charge in [-0.2, -0.15) is 4.31 Å². The molecule has 0 saturated carbocycles. The maximum atomic E-state index is 12.7. The molecule has 1 aliphatic heterocycles. The predicted octanol–water partition coefficient (Wildman–Crippen LogP) is 2.71. The van der Waals surface area contributed by atoms with E-state index in [-0.39, 0.29) is 10.1 Å². The molecule has 1 saturated heterocycles. The lowest BCUT2D eigenvalue weighted by molar-refractivity contribution is -0.124. The van der Waals surface area contributed by atoms with Crippen molar-refractivity contribution in [2.75, 3.05) is 19.7 Å². The van der Waals surface area contributed by atoms with E-state index in [1.165, 1.54) is 15.6 Å². The normalized spacial score (nSPS) is 17.8. The second-order valence-electron chi connectivity index (χ2n) is 6.57. The molecule has 1 aliphatic rings. The number of nitrogens with one attached hydrogen (secondary N) is 1. The van der Waals surface area contributed by atoms with Crippen LogP contribution in [-0.4, -0.2) is 44.4 Å². The zero-order valence-electron chi connectivity index (χ0n) is 15.5. The van der Waals surface area contributed by atoms with Crippen LogP contribution in [0.25, 0.3) is 0 Å². The summed E-state index contributed by atoms with van der Waals surface area (Å²) in [6, 6.07) is 8.55. The average Bonchev–Trinajstić information content (AvgIpc) is 3.32. The number of hydrogen-bond donors (Lipinski definition) is 1. The summed E-state index contributed by atoms with van der Waals surface area (Å²) in [6.07, 6.45) is 1.22. The van der Waals surface area contributed by atoms with Crippen molar-refractivity contribution >= 4 is 27.3 Å². The van der Waals surface area contributed by atoms with Gasteiger partial charge in [0.2, 0.25) is 5.91 Å². The van der Waals surface area contributed by atoms with Gasteiger partial charge in [0, 0.05) is 6.54 Å². The molecule has 2 heterocycles. The van der Waals surface area contributed by atoms with Crippen molar-refractivity contribution in [2.24, 2.45) is 0 Å². The minimum Gasteiger partial charge on any atom is -0.491 e. The van der Waals surface area contributed by atoms with Crippen LogP contribution in [0.1, 0.15) is 24.0 Å². The molecule has 27 heavy (non-hydrogen) atoms. The topological polar surface area (TPSA) is 75.7 Å². The fourth-order valence-electron chi connectivity index (χ4n) is 3.29. The zero-order chi connectivity index (χ0) is 19.4. The molecule has 0 spiro atoms. The number of aryl methyl sites for hydroxylation is 2. The summed E-state index contributed by atoms with van der Waals surface area (Å²) in [7, 11) is -3.61. The molecule has 0 radical (unpaired) electrons. The summed E-state index contributed by atoms with van der Waals surface area (Å²) < 4.78 is 32.9. The SMILES string of the molecule is Cc1cccc(C)c1OCCNC(=O)C1CCCN1S(=O)(=O)c1cccs1. The van der Waals surface area contributed by atoms with Gasteiger partial charge >= 0.3 is 0 Å². The van der Waals surface area contributed by atoms with E-state index in [1.807, 2.05) is 32.0 Å². The van der Waals surface area contributed by atoms with Gasteiger partial charge in [0.05, 0.1) is 6.54 Å². The summed E-state index contributed by atoms with van der Waals surface area (Å²) in [6.45, 7) is 4.99. The molecule has 1 atom stereocenters. The van der Waals surface area contributed by atoms with E-state index in [2.05, 4.69) is 5.32 Å². The number of carbonyl (C=O) groups excluding carboxylic acids is 1. The van der Waals surface area contributed by atoms with Gasteiger partial charge in [-0.25, -0.2) is 8.42 Å². The standard InChI is InChI=1S/C19H24N2O4S2/c1-14-6-3-7-15(2)18(14)25-12-10-20-19(22)16-8-4-11-21(16)27(23,24)17-9-5-13-26-17/h3,5-7,9,13,16H,4,8,10-12H2,1-2H3,(H,20,22). The number of hydrogen-bond acceptors (Lipinski definition) is 5. The lowest BCUT2D eigenvalue weighted by Gasteiger charge is -2.22. The van der Waals surface area contributed by atoms with Crippen LogP contribution in [-0.2, 0) is 14.8 Å². The number of para-hydroxylation sites is 1. The summed E-state index contributed by atoms with van der Waals surface area (Å²) in [5.74, 6) is 0.562. The van der Waals surface area contributed by atoms with E-state index in [4.69, 9.17) is 4.74 Å². The summed E-state index contributed by atoms with van der Waals surface area (Å²) >= 11 is 1.17. The fraction of sp³-hybridized carbons (Fsp3) is 0.421. The molecule has 1 unspecified atom stereocenters. The number of ether oxygens (including phenoxy) is 1. The van der Waals surface area contributed by atoms with Crippen LogP contribution in [0, 0.1) is 13.8 Å². The highest BCUT2D eigenvalue weighted by Gasteiger charge is 2.39. The van der Waals surface area contributed by atoms with Crippen molar-refractivity contribution < 1.29 is 17.9 Å². The third-order valence-electron chi connectivity index (χ3n) is 4.62. The molecule has 146 valence electrons. The van der Waals surface area contributed by atoms with Crippen molar-refractivity contribution in [3.8, 4) is 5.75 Å². The zero-order valence-corrected chi connectivity index (χ0v) is 17.1. The molecule has 1 aromatic carbocycles. The van der Waals surface area contributed by atoms with E-state index in [0.717, 1.165) is 16.9 Å². The number of sulfonamides is 1. The Labute approximate surface area is 164 Å². The third-order valence-corrected chi connectivity index (χ3v) is 7.90. The van der Waals surface area contributed by atoms with Gasteiger partial charge in [-0.1, -0.05) is 24.3 Å². The summed E-state index contributed by atoms with van der Waals surface area (Å²) in [5.41, 5.74) is 2.09. The average molecular weight is 409 g/mol. The highest BCUT2D eigenvalue weighted by Crippen LogP contribution is 2.28. The van der Waals surface area contributed by atoms with Gasteiger partial charge in [0.25, 0.3) is 10.0 Å². The Morgan fingerprint density at radius 3 is 2.67 bits per heavy atom. The molecule has 2 aromatic rings. The van der Waals surface area contributed by atoms with Gasteiger partial charge in [-0.05, 0) is 49.3 Å². The monoisotopic (exact) mass is 408 g/mol. The second kappa shape index (κ2) is 8.41. The molecule has 0 aliphatic carbocycles. The number of benzene rings is 1. The third kappa shape index (κ3) is 4.34. The first-order valence-corrected chi connectivity index (χ1v) is 11.3. The van der Waals surface area contributed by atoms with Gasteiger partial charge in [-0.3, -0.25) is 4.79 Å². The minimum absolute atomic E-state index is 0.266. The Hall–Kier alpha value is -1.90. The maximum absolute atomic E-state index is 12.7. The molecule has 1 fully saturated rings. The minimum atomic E-state index is -3.61. The molecular formula is C19H24N2O4S2. The van der Waals surface area contributed by atoms with Crippen LogP contribution >= 0.6 is 11.3 Å². The van der Waals surface area contributed by atoms with Crippen LogP contribution in [0.2, 0.25) is 0 Å². The van der Waals surface area contributed by atoms with Gasteiger partial charge in [0.1, 0.15) is 22.6 Å². The van der Waals surface area contributed by atoms with E-state index in [9.17, 15) is 13.2 Å². The Morgan fingerprint density at radius 1 is 1.26 bits per heavy atom. The summed E-state index contributed by atoms with van der Waals surface area (Å²) in [4.78, 5) is 12.5. The quantitative estimate of drug-likeness (QED) is 0.715. The number of nitrogens with zero attached hydrogens (tertiary/aromatic N) is 1. The highest BCUT2D eigenvalue weighted by molar-refractivity contribution is 7.91. The van der Waals surface area contributed by atoms with E-state index in [0.29, 0.717) is 32.5 Å². The first-order chi connectivity index (χ1) is 12.9. The van der Waals surface area contributed by atoms with Crippen molar-refractivity contribution in [3.05, 3.63) is 46.8 Å². The lowest BCUT2D eigenvalue weighted by Crippen LogP contribution is -2.46. The van der Waals surface area contributed by atoms with Crippen LogP contribution < -0.4 is 10.1 Å². The Kier molecular flexibility index (Phi) is 6.18. The van der Waals surface area contributed by atoms with E-state index < -0.39 is 16.1 Å². The van der Waals surface area contributed by atoms with Gasteiger partial charge in [-0.15, -0.1) is 11.3 Å². The van der Waals surface area contributed by atoms with Crippen LogP contribution in [0.5, 0.6) is 5.75 Å². The molecule has 6 nitrogen and oxygen atoms in total. The first kappa shape index (κ1) is 19.9. The van der Waals surface area contributed by atoms with Crippen molar-refractivity contribution in [3.63, 3.8) is 0 Å². The molecule has 1 amide bonds. The maximum Gasteiger partial charge on any atom is 0.253 e. The Morgan fingerprint density at radius 2 is 2.00 bits per heavy atom. The first-order valence-electron chi connectivity index (χ1n) is 8.93. The molecule has 0 bridgehead atoms. The van der Waals surface area contributed by atoms with E-state index in [1.54, 1.807) is 17.5 Å². The van der Waals surface area contributed by atoms with Crippen molar-refractivity contribution in [2.45, 2.75) is 36.9 Å². The van der Waals surface area contributed by atoms with Crippen molar-refractivity contribution in [1.82, 2.24) is 9.62 Å². The highest BCUT2D eigenvalue weighted by atomic mass is 32.2. The fourth-order valence-corrected chi connectivity index (χ4v) is 6.06. The van der Waals surface area contributed by atoms with E-state index >= 15 is 0 Å². The number of rotatable bonds is 7. The second-order valence-corrected chi connectivity index (χ2v) is 9.63. The molecular weight excluding hydrogens is 384 g/mol. The Balaban J connectivity index is 1.56. The lowest BCUT2D eigenvalue weighted by atomic mass is 10.1. The van der Waals surface area contributed by atoms with Crippen molar-refractivity contribution in [1.29, 1.82) is 0 Å². The Bertz CT molecular complexity index is 874. The summed E-state index contributed by atoms with van der Waals surface area (Å²) in [5, 5.41) is 4.54. The molecule has 3 rings (SSSR count). The molecule has 8 heteroatoms. The van der Waals surface area contributed by atoms with Gasteiger partial charge < -0.3 is 10.1 Å². The number of thiophene rings is 1. The largest absolute Gasteiger partial charge is 0.491 e. The molecule has 1 aromatic heterocycles. The van der Waals surface area contributed by atoms with Crippen LogP contribution in [0.3, 0.4) is 0 Å². The van der Waals surface area contributed by atoms with Crippen LogP contribution in [0.15, 0.2) is 39.9 Å². The molecule has 1 N–H and O–H groups in total. The van der Waals surface area contributed by atoms with Gasteiger partial charge in [0.15, 0.2) is 0 Å². The predicted molar refractivity (Wildman–Crippen MR) is 106 cm³/mol. The number of carbonyl (C=O) groups is 1. The van der Waals surface area contributed by atoms with Crippen LogP contribution in [0.4, 0.5) is 0 Å².